The third-order valence-corrected chi connectivity index (χ3v) is 10.5. The van der Waals surface area contributed by atoms with Gasteiger partial charge >= 0.3 is 0 Å². The molecule has 214 valence electrons. The van der Waals surface area contributed by atoms with Crippen LogP contribution in [0, 0.1) is 0 Å². The zero-order valence-electron chi connectivity index (χ0n) is 25.0. The van der Waals surface area contributed by atoms with Crippen molar-refractivity contribution in [3.05, 3.63) is 149 Å². The molecule has 0 radical (unpaired) electrons. The SMILES string of the molecule is COc1ccc(C2(c3ccc4ccccc4c3)C=Cc3c4c(c5ccccc5c3O2)-c2ccccc2C42CCCCC2)cc1. The van der Waals surface area contributed by atoms with Crippen molar-refractivity contribution in [2.24, 2.45) is 0 Å². The molecule has 1 spiro atoms. The van der Waals surface area contributed by atoms with E-state index in [0.717, 1.165) is 22.6 Å². The Hall–Kier alpha value is -4.82. The van der Waals surface area contributed by atoms with Crippen molar-refractivity contribution < 1.29 is 9.47 Å². The van der Waals surface area contributed by atoms with Gasteiger partial charge in [0.05, 0.1) is 7.11 Å². The maximum atomic E-state index is 7.56. The van der Waals surface area contributed by atoms with Crippen molar-refractivity contribution in [3.63, 3.8) is 0 Å². The smallest absolute Gasteiger partial charge is 0.178 e. The zero-order chi connectivity index (χ0) is 29.3. The molecule has 44 heavy (non-hydrogen) atoms. The highest BCUT2D eigenvalue weighted by Crippen LogP contribution is 2.62. The molecule has 6 aromatic carbocycles. The Labute approximate surface area is 258 Å². The molecular formula is C42H34O2. The van der Waals surface area contributed by atoms with E-state index in [4.69, 9.17) is 9.47 Å². The largest absolute Gasteiger partial charge is 0.497 e. The fourth-order valence-corrected chi connectivity index (χ4v) is 8.53. The molecule has 1 aliphatic heterocycles. The minimum atomic E-state index is -0.800. The summed E-state index contributed by atoms with van der Waals surface area (Å²) >= 11 is 0. The second kappa shape index (κ2) is 9.59. The highest BCUT2D eigenvalue weighted by atomic mass is 16.5. The number of hydrogen-bond donors (Lipinski definition) is 0. The second-order valence-electron chi connectivity index (χ2n) is 12.7. The van der Waals surface area contributed by atoms with Gasteiger partial charge in [-0.25, -0.2) is 0 Å². The summed E-state index contributed by atoms with van der Waals surface area (Å²) in [5.41, 5.74) is 8.46. The highest BCUT2D eigenvalue weighted by molar-refractivity contribution is 6.08. The van der Waals surface area contributed by atoms with Gasteiger partial charge in [-0.3, -0.25) is 0 Å². The van der Waals surface area contributed by atoms with Crippen LogP contribution in [0.5, 0.6) is 11.5 Å². The standard InChI is InChI=1S/C42H34O2/c1-43-32-21-19-30(20-22-32)42(31-18-17-28-11-3-4-12-29(28)27-31)26-23-36-39-38(33-13-5-6-14-34(33)40(36)44-42)35-15-7-8-16-37(35)41(39)24-9-2-10-25-41/h3-8,11-23,26-27H,2,9-10,24-25H2,1H3. The third-order valence-electron chi connectivity index (χ3n) is 10.5. The fourth-order valence-electron chi connectivity index (χ4n) is 8.53. The molecule has 1 fully saturated rings. The van der Waals surface area contributed by atoms with E-state index in [1.165, 1.54) is 81.5 Å². The number of benzene rings is 6. The summed E-state index contributed by atoms with van der Waals surface area (Å²) in [7, 11) is 1.72. The molecule has 0 aromatic heterocycles. The van der Waals surface area contributed by atoms with E-state index in [9.17, 15) is 0 Å². The number of hydrogen-bond acceptors (Lipinski definition) is 2. The Bertz CT molecular complexity index is 2110. The average molecular weight is 571 g/mol. The summed E-state index contributed by atoms with van der Waals surface area (Å²) < 4.78 is 13.1. The summed E-state index contributed by atoms with van der Waals surface area (Å²) in [6.07, 6.45) is 10.9. The van der Waals surface area contributed by atoms with Crippen molar-refractivity contribution in [2.75, 3.05) is 7.11 Å². The van der Waals surface area contributed by atoms with Crippen molar-refractivity contribution in [2.45, 2.75) is 43.1 Å². The summed E-state index contributed by atoms with van der Waals surface area (Å²) in [6.45, 7) is 0. The van der Waals surface area contributed by atoms with Crippen LogP contribution in [0.15, 0.2) is 121 Å². The number of methoxy groups -OCH3 is 1. The molecule has 0 saturated heterocycles. The molecule has 1 heterocycles. The Morgan fingerprint density at radius 2 is 1.36 bits per heavy atom. The van der Waals surface area contributed by atoms with Gasteiger partial charge in [-0.2, -0.15) is 0 Å². The van der Waals surface area contributed by atoms with E-state index >= 15 is 0 Å². The van der Waals surface area contributed by atoms with Crippen molar-refractivity contribution in [3.8, 4) is 22.6 Å². The molecule has 2 nitrogen and oxygen atoms in total. The van der Waals surface area contributed by atoms with Gasteiger partial charge in [0.25, 0.3) is 0 Å². The van der Waals surface area contributed by atoms with E-state index in [1.54, 1.807) is 7.11 Å². The van der Waals surface area contributed by atoms with Crippen LogP contribution in [0.25, 0.3) is 38.7 Å². The van der Waals surface area contributed by atoms with Gasteiger partial charge in [-0.15, -0.1) is 0 Å². The van der Waals surface area contributed by atoms with Crippen LogP contribution in [0.4, 0.5) is 0 Å². The lowest BCUT2D eigenvalue weighted by Gasteiger charge is -2.41. The summed E-state index contributed by atoms with van der Waals surface area (Å²) in [5, 5.41) is 4.89. The fraction of sp³-hybridized carbons (Fsp3) is 0.190. The Kier molecular flexibility index (Phi) is 5.59. The summed E-state index contributed by atoms with van der Waals surface area (Å²) in [5.74, 6) is 1.83. The van der Waals surface area contributed by atoms with Crippen molar-refractivity contribution in [1.29, 1.82) is 0 Å². The minimum absolute atomic E-state index is 0.0229. The normalized spacial score (nSPS) is 19.4. The van der Waals surface area contributed by atoms with Crippen LogP contribution >= 0.6 is 0 Å². The number of rotatable bonds is 3. The topological polar surface area (TPSA) is 18.5 Å². The second-order valence-corrected chi connectivity index (χ2v) is 12.7. The maximum absolute atomic E-state index is 7.56. The van der Waals surface area contributed by atoms with Crippen molar-refractivity contribution in [1.82, 2.24) is 0 Å². The highest BCUT2D eigenvalue weighted by Gasteiger charge is 2.48. The van der Waals surface area contributed by atoms with E-state index in [-0.39, 0.29) is 5.41 Å². The lowest BCUT2D eigenvalue weighted by molar-refractivity contribution is 0.163. The van der Waals surface area contributed by atoms with Crippen LogP contribution in [-0.2, 0) is 11.0 Å². The van der Waals surface area contributed by atoms with Crippen molar-refractivity contribution >= 4 is 27.6 Å². The predicted molar refractivity (Wildman–Crippen MR) is 181 cm³/mol. The molecule has 3 aliphatic rings. The molecule has 1 unspecified atom stereocenters. The van der Waals surface area contributed by atoms with Crippen LogP contribution in [0.2, 0.25) is 0 Å². The molecular weight excluding hydrogens is 536 g/mol. The third kappa shape index (κ3) is 3.48. The van der Waals surface area contributed by atoms with Gasteiger partial charge in [0, 0.05) is 27.5 Å². The minimum Gasteiger partial charge on any atom is -0.497 e. The summed E-state index contributed by atoms with van der Waals surface area (Å²) in [4.78, 5) is 0. The zero-order valence-corrected chi connectivity index (χ0v) is 25.0. The molecule has 9 rings (SSSR count). The van der Waals surface area contributed by atoms with Crippen LogP contribution in [0.1, 0.15) is 59.9 Å². The first-order valence-corrected chi connectivity index (χ1v) is 15.9. The van der Waals surface area contributed by atoms with Crippen LogP contribution in [0.3, 0.4) is 0 Å². The molecule has 1 saturated carbocycles. The van der Waals surface area contributed by atoms with Gasteiger partial charge in [-0.1, -0.05) is 122 Å². The predicted octanol–water partition coefficient (Wildman–Crippen LogP) is 10.6. The van der Waals surface area contributed by atoms with Crippen LogP contribution in [-0.4, -0.2) is 7.11 Å². The molecule has 0 bridgehead atoms. The first kappa shape index (κ1) is 25.7. The van der Waals surface area contributed by atoms with E-state index in [0.29, 0.717) is 0 Å². The maximum Gasteiger partial charge on any atom is 0.178 e. The number of ether oxygens (including phenoxy) is 2. The summed E-state index contributed by atoms with van der Waals surface area (Å²) in [6, 6.07) is 41.8. The first-order valence-electron chi connectivity index (χ1n) is 15.9. The van der Waals surface area contributed by atoms with Gasteiger partial charge < -0.3 is 9.47 Å². The van der Waals surface area contributed by atoms with E-state index in [1.807, 2.05) is 12.1 Å². The number of fused-ring (bicyclic) bond motifs is 11. The lowest BCUT2D eigenvalue weighted by atomic mass is 9.66. The molecule has 2 aliphatic carbocycles. The Morgan fingerprint density at radius 1 is 0.659 bits per heavy atom. The van der Waals surface area contributed by atoms with E-state index in [2.05, 4.69) is 115 Å². The molecule has 0 N–H and O–H groups in total. The monoisotopic (exact) mass is 570 g/mol. The molecule has 1 atom stereocenters. The Morgan fingerprint density at radius 3 is 2.18 bits per heavy atom. The molecule has 6 aromatic rings. The molecule has 2 heteroatoms. The Balaban J connectivity index is 1.35. The van der Waals surface area contributed by atoms with Crippen LogP contribution < -0.4 is 9.47 Å². The first-order chi connectivity index (χ1) is 21.7. The lowest BCUT2D eigenvalue weighted by Crippen LogP contribution is -2.35. The van der Waals surface area contributed by atoms with Gasteiger partial charge in [-0.05, 0) is 75.5 Å². The quantitative estimate of drug-likeness (QED) is 0.211. The van der Waals surface area contributed by atoms with Gasteiger partial charge in [0.1, 0.15) is 11.5 Å². The van der Waals surface area contributed by atoms with E-state index < -0.39 is 5.60 Å². The van der Waals surface area contributed by atoms with Gasteiger partial charge in [0.2, 0.25) is 0 Å². The average Bonchev–Trinajstić information content (AvgIpc) is 3.37. The molecule has 0 amide bonds. The van der Waals surface area contributed by atoms with Gasteiger partial charge in [0.15, 0.2) is 5.60 Å².